The van der Waals surface area contributed by atoms with Gasteiger partial charge < -0.3 is 15.7 Å². The normalized spacial score (nSPS) is 11.5. The van der Waals surface area contributed by atoms with Crippen molar-refractivity contribution in [2.45, 2.75) is 19.4 Å². The van der Waals surface area contributed by atoms with E-state index < -0.39 is 36.4 Å². The van der Waals surface area contributed by atoms with Crippen LogP contribution in [0.25, 0.3) is 0 Å². The first kappa shape index (κ1) is 14.3. The molecule has 0 fully saturated rings. The number of rotatable bonds is 5. The molecule has 0 bridgehead atoms. The first-order valence-electron chi connectivity index (χ1n) is 4.31. The second-order valence-corrected chi connectivity index (χ2v) is 2.88. The summed E-state index contributed by atoms with van der Waals surface area (Å²) in [5.41, 5.74) is 0. The smallest absolute Gasteiger partial charge is 0.405 e. The molecule has 8 heteroatoms. The summed E-state index contributed by atoms with van der Waals surface area (Å²) in [6.45, 7) is 0.943. The molecule has 92 valence electrons. The molecule has 0 saturated heterocycles. The third-order valence-electron chi connectivity index (χ3n) is 1.58. The Kier molecular flexibility index (Phi) is 5.97. The summed E-state index contributed by atoms with van der Waals surface area (Å²) >= 11 is 0. The molecule has 0 rings (SSSR count). The van der Waals surface area contributed by atoms with E-state index in [9.17, 15) is 22.8 Å². The Morgan fingerprint density at radius 3 is 2.31 bits per heavy atom. The van der Waals surface area contributed by atoms with E-state index >= 15 is 0 Å². The van der Waals surface area contributed by atoms with Crippen LogP contribution in [-0.4, -0.2) is 29.7 Å². The molecule has 1 unspecified atom stereocenters. The zero-order chi connectivity index (χ0) is 12.7. The summed E-state index contributed by atoms with van der Waals surface area (Å²) in [6, 6.07) is -1.03. The minimum atomic E-state index is -2.43. The molecule has 0 aromatic carbocycles. The number of carbonyl (C=O) groups excluding carboxylic acids is 1. The number of nitrogens with one attached hydrogen (secondary N) is 2. The van der Waals surface area contributed by atoms with Crippen LogP contribution in [0.15, 0.2) is 11.9 Å². The Balaban J connectivity index is 3.90. The van der Waals surface area contributed by atoms with Gasteiger partial charge in [0.25, 0.3) is 0 Å². The third-order valence-corrected chi connectivity index (χ3v) is 1.58. The van der Waals surface area contributed by atoms with E-state index in [1.807, 2.05) is 5.32 Å². The summed E-state index contributed by atoms with van der Waals surface area (Å²) in [5, 5.41) is 12.2. The second kappa shape index (κ2) is 6.70. The molecule has 3 N–H and O–H groups in total. The maximum atomic E-state index is 12.3. The number of hydrogen-bond acceptors (Lipinski definition) is 2. The van der Waals surface area contributed by atoms with Crippen molar-refractivity contribution < 1.29 is 27.9 Å². The summed E-state index contributed by atoms with van der Waals surface area (Å²) in [7, 11) is 0. The Hall–Kier alpha value is -1.73. The summed E-state index contributed by atoms with van der Waals surface area (Å²) in [6.07, 6.45) is -4.44. The van der Waals surface area contributed by atoms with E-state index in [4.69, 9.17) is 5.11 Å². The Morgan fingerprint density at radius 1 is 1.31 bits per heavy atom. The zero-order valence-corrected chi connectivity index (χ0v) is 8.39. The molecule has 0 aromatic heterocycles. The molecule has 0 saturated carbocycles. The van der Waals surface area contributed by atoms with E-state index in [2.05, 4.69) is 5.32 Å². The highest BCUT2D eigenvalue weighted by Gasteiger charge is 2.14. The van der Waals surface area contributed by atoms with Crippen LogP contribution in [0.2, 0.25) is 0 Å². The largest absolute Gasteiger partial charge is 0.465 e. The van der Waals surface area contributed by atoms with Crippen molar-refractivity contribution in [1.29, 1.82) is 0 Å². The average Bonchev–Trinajstić information content (AvgIpc) is 2.15. The maximum Gasteiger partial charge on any atom is 0.405 e. The number of amides is 2. The number of halogens is 3. The van der Waals surface area contributed by atoms with Crippen molar-refractivity contribution in [2.75, 3.05) is 6.54 Å². The fraction of sp³-hybridized carbons (Fsp3) is 0.500. The number of carbonyl (C=O) groups is 2. The van der Waals surface area contributed by atoms with Crippen molar-refractivity contribution in [2.24, 2.45) is 0 Å². The van der Waals surface area contributed by atoms with Crippen LogP contribution in [0, 0.1) is 0 Å². The van der Waals surface area contributed by atoms with E-state index in [0.717, 1.165) is 0 Å². The molecular weight excluding hydrogens is 229 g/mol. The second-order valence-electron chi connectivity index (χ2n) is 2.88. The number of carboxylic acid groups (broad SMARTS) is 1. The fourth-order valence-electron chi connectivity index (χ4n) is 0.794. The molecule has 5 nitrogen and oxygen atoms in total. The first-order valence-corrected chi connectivity index (χ1v) is 4.31. The number of hydrogen-bond donors (Lipinski definition) is 3. The van der Waals surface area contributed by atoms with E-state index in [1.165, 1.54) is 6.92 Å². The molecule has 0 aliphatic heterocycles. The highest BCUT2D eigenvalue weighted by molar-refractivity contribution is 5.84. The highest BCUT2D eigenvalue weighted by atomic mass is 19.3. The van der Waals surface area contributed by atoms with Crippen LogP contribution >= 0.6 is 0 Å². The first-order chi connectivity index (χ1) is 7.34. The molecule has 0 heterocycles. The highest BCUT2D eigenvalue weighted by Crippen LogP contribution is 2.11. The van der Waals surface area contributed by atoms with Crippen LogP contribution in [-0.2, 0) is 4.79 Å². The fourth-order valence-corrected chi connectivity index (χ4v) is 0.794. The Morgan fingerprint density at radius 2 is 1.88 bits per heavy atom. The topological polar surface area (TPSA) is 78.4 Å². The van der Waals surface area contributed by atoms with Crippen molar-refractivity contribution in [3.05, 3.63) is 11.9 Å². The minimum absolute atomic E-state index is 0.326. The van der Waals surface area contributed by atoms with Gasteiger partial charge in [-0.3, -0.25) is 4.79 Å². The van der Waals surface area contributed by atoms with Gasteiger partial charge in [-0.2, -0.15) is 8.78 Å². The van der Waals surface area contributed by atoms with Crippen molar-refractivity contribution in [1.82, 2.24) is 10.6 Å². The van der Waals surface area contributed by atoms with Gasteiger partial charge in [-0.25, -0.2) is 9.18 Å². The summed E-state index contributed by atoms with van der Waals surface area (Å²) in [5.74, 6) is -2.31. The lowest BCUT2D eigenvalue weighted by atomic mass is 10.3. The molecule has 2 amide bonds. The SMILES string of the molecule is CC(NC(=O)O)C(=O)NCCC(F)=C(F)F. The zero-order valence-electron chi connectivity index (χ0n) is 8.39. The summed E-state index contributed by atoms with van der Waals surface area (Å²) < 4.78 is 35.4. The van der Waals surface area contributed by atoms with Crippen LogP contribution in [0.3, 0.4) is 0 Å². The molecule has 0 aliphatic carbocycles. The molecule has 1 atom stereocenters. The molecule has 0 radical (unpaired) electrons. The minimum Gasteiger partial charge on any atom is -0.465 e. The standard InChI is InChI=1S/C8H11F3N2O3/c1-4(13-8(15)16)7(14)12-3-2-5(9)6(10)11/h4,13H,2-3H2,1H3,(H,12,14)(H,15,16). The van der Waals surface area contributed by atoms with Gasteiger partial charge in [-0.15, -0.1) is 0 Å². The van der Waals surface area contributed by atoms with Crippen LogP contribution in [0.4, 0.5) is 18.0 Å². The summed E-state index contributed by atoms with van der Waals surface area (Å²) in [4.78, 5) is 21.2. The predicted molar refractivity (Wildman–Crippen MR) is 48.6 cm³/mol. The molecule has 0 aromatic rings. The lowest BCUT2D eigenvalue weighted by molar-refractivity contribution is -0.122. The molecular formula is C8H11F3N2O3. The van der Waals surface area contributed by atoms with Crippen molar-refractivity contribution in [3.63, 3.8) is 0 Å². The lowest BCUT2D eigenvalue weighted by Gasteiger charge is -2.11. The Bertz CT molecular complexity index is 303. The Labute approximate surface area is 89.3 Å². The third kappa shape index (κ3) is 5.89. The van der Waals surface area contributed by atoms with Gasteiger partial charge in [0.1, 0.15) is 6.04 Å². The lowest BCUT2D eigenvalue weighted by Crippen LogP contribution is -2.44. The van der Waals surface area contributed by atoms with Gasteiger partial charge >= 0.3 is 12.2 Å². The van der Waals surface area contributed by atoms with Crippen LogP contribution in [0.5, 0.6) is 0 Å². The van der Waals surface area contributed by atoms with Crippen LogP contribution in [0.1, 0.15) is 13.3 Å². The molecule has 0 aliphatic rings. The average molecular weight is 240 g/mol. The van der Waals surface area contributed by atoms with E-state index in [0.29, 0.717) is 0 Å². The van der Waals surface area contributed by atoms with Gasteiger partial charge in [-0.05, 0) is 6.92 Å². The van der Waals surface area contributed by atoms with E-state index in [-0.39, 0.29) is 6.54 Å². The molecule has 16 heavy (non-hydrogen) atoms. The van der Waals surface area contributed by atoms with Crippen molar-refractivity contribution >= 4 is 12.0 Å². The maximum absolute atomic E-state index is 12.3. The quantitative estimate of drug-likeness (QED) is 0.676. The monoisotopic (exact) mass is 240 g/mol. The van der Waals surface area contributed by atoms with Crippen LogP contribution < -0.4 is 10.6 Å². The molecule has 0 spiro atoms. The van der Waals surface area contributed by atoms with Gasteiger partial charge in [0, 0.05) is 13.0 Å². The van der Waals surface area contributed by atoms with E-state index in [1.54, 1.807) is 0 Å². The van der Waals surface area contributed by atoms with Crippen molar-refractivity contribution in [3.8, 4) is 0 Å². The van der Waals surface area contributed by atoms with Gasteiger partial charge in [0.2, 0.25) is 5.91 Å². The van der Waals surface area contributed by atoms with Gasteiger partial charge in [0.15, 0.2) is 5.83 Å². The van der Waals surface area contributed by atoms with Gasteiger partial charge in [-0.1, -0.05) is 0 Å². The predicted octanol–water partition coefficient (Wildman–Crippen LogP) is 1.23. The van der Waals surface area contributed by atoms with Gasteiger partial charge in [0.05, 0.1) is 0 Å².